The minimum Gasteiger partial charge on any atom is -0.398 e. The third-order valence-electron chi connectivity index (χ3n) is 3.54. The van der Waals surface area contributed by atoms with E-state index in [1.807, 2.05) is 0 Å². The van der Waals surface area contributed by atoms with Crippen molar-refractivity contribution < 1.29 is 13.2 Å². The van der Waals surface area contributed by atoms with E-state index in [1.54, 1.807) is 24.4 Å². The molecular weight excluding hydrogens is 290 g/mol. The molecule has 0 bridgehead atoms. The second kappa shape index (κ2) is 5.59. The number of nitrogens with one attached hydrogen (secondary N) is 1. The normalized spacial score (nSPS) is 19.7. The van der Waals surface area contributed by atoms with E-state index in [2.05, 4.69) is 9.71 Å². The van der Waals surface area contributed by atoms with Crippen molar-refractivity contribution in [2.45, 2.75) is 23.8 Å². The molecule has 0 radical (unpaired) electrons. The molecule has 21 heavy (non-hydrogen) atoms. The van der Waals surface area contributed by atoms with Crippen LogP contribution in [0, 0.1) is 0 Å². The highest BCUT2D eigenvalue weighted by atomic mass is 32.2. The quantitative estimate of drug-likeness (QED) is 0.833. The largest absolute Gasteiger partial charge is 0.398 e. The fourth-order valence-electron chi connectivity index (χ4n) is 2.50. The van der Waals surface area contributed by atoms with Crippen molar-refractivity contribution >= 4 is 26.6 Å². The molecule has 1 saturated heterocycles. The summed E-state index contributed by atoms with van der Waals surface area (Å²) in [7, 11) is -3.65. The predicted octanol–water partition coefficient (Wildman–Crippen LogP) is 1.27. The zero-order chi connectivity index (χ0) is 14.9. The number of nitrogens with two attached hydrogens (primary N) is 1. The van der Waals surface area contributed by atoms with Gasteiger partial charge in [-0.3, -0.25) is 4.98 Å². The molecule has 7 heteroatoms. The van der Waals surface area contributed by atoms with Crippen LogP contribution in [0.15, 0.2) is 35.4 Å². The molecule has 0 amide bonds. The Hall–Kier alpha value is -1.70. The zero-order valence-corrected chi connectivity index (χ0v) is 12.3. The topological polar surface area (TPSA) is 94.3 Å². The molecule has 1 aliphatic rings. The van der Waals surface area contributed by atoms with E-state index < -0.39 is 10.0 Å². The number of nitrogen functional groups attached to an aromatic ring is 1. The molecule has 0 saturated carbocycles. The molecule has 3 rings (SSSR count). The van der Waals surface area contributed by atoms with Crippen LogP contribution in [0.3, 0.4) is 0 Å². The number of hydrogen-bond donors (Lipinski definition) is 2. The number of aromatic nitrogens is 1. The molecule has 1 aromatic heterocycles. The van der Waals surface area contributed by atoms with Crippen molar-refractivity contribution in [1.29, 1.82) is 0 Å². The van der Waals surface area contributed by atoms with Crippen molar-refractivity contribution in [3.05, 3.63) is 30.5 Å². The lowest BCUT2D eigenvalue weighted by molar-refractivity contribution is 0.0774. The van der Waals surface area contributed by atoms with Crippen molar-refractivity contribution in [2.75, 3.05) is 18.9 Å². The summed E-state index contributed by atoms with van der Waals surface area (Å²) in [6.45, 7) is 1.09. The third kappa shape index (κ3) is 2.85. The van der Waals surface area contributed by atoms with Crippen LogP contribution >= 0.6 is 0 Å². The van der Waals surface area contributed by atoms with E-state index in [0.717, 1.165) is 12.8 Å². The van der Waals surface area contributed by atoms with E-state index in [4.69, 9.17) is 10.5 Å². The van der Waals surface area contributed by atoms with E-state index in [1.165, 1.54) is 6.07 Å². The van der Waals surface area contributed by atoms with Crippen LogP contribution in [0.25, 0.3) is 10.9 Å². The van der Waals surface area contributed by atoms with Gasteiger partial charge in [0.05, 0.1) is 12.1 Å². The monoisotopic (exact) mass is 307 g/mol. The first-order valence-electron chi connectivity index (χ1n) is 6.81. The minimum absolute atomic E-state index is 0.151. The molecule has 1 fully saturated rings. The second-order valence-electron chi connectivity index (χ2n) is 5.09. The number of rotatable bonds is 3. The Morgan fingerprint density at radius 3 is 2.95 bits per heavy atom. The lowest BCUT2D eigenvalue weighted by Gasteiger charge is -2.23. The second-order valence-corrected chi connectivity index (χ2v) is 6.77. The number of hydrogen-bond acceptors (Lipinski definition) is 5. The number of benzene rings is 1. The van der Waals surface area contributed by atoms with Gasteiger partial charge in [0.15, 0.2) is 0 Å². The Kier molecular flexibility index (Phi) is 3.79. The number of fused-ring (bicyclic) bond motifs is 1. The van der Waals surface area contributed by atoms with Gasteiger partial charge in [0, 0.05) is 29.9 Å². The molecule has 1 aromatic carbocycles. The molecule has 2 heterocycles. The highest BCUT2D eigenvalue weighted by Crippen LogP contribution is 2.26. The first-order chi connectivity index (χ1) is 10.1. The maximum absolute atomic E-state index is 12.6. The zero-order valence-electron chi connectivity index (χ0n) is 11.5. The molecule has 2 aromatic rings. The van der Waals surface area contributed by atoms with Gasteiger partial charge in [0.1, 0.15) is 4.90 Å². The summed E-state index contributed by atoms with van der Waals surface area (Å²) < 4.78 is 33.2. The van der Waals surface area contributed by atoms with Crippen molar-refractivity contribution in [3.8, 4) is 0 Å². The highest BCUT2D eigenvalue weighted by molar-refractivity contribution is 7.89. The lowest BCUT2D eigenvalue weighted by atomic mass is 10.1. The van der Waals surface area contributed by atoms with Crippen LogP contribution < -0.4 is 10.5 Å². The Morgan fingerprint density at radius 1 is 1.33 bits per heavy atom. The predicted molar refractivity (Wildman–Crippen MR) is 80.3 cm³/mol. The van der Waals surface area contributed by atoms with Crippen LogP contribution in [0.5, 0.6) is 0 Å². The van der Waals surface area contributed by atoms with Gasteiger partial charge in [0.25, 0.3) is 0 Å². The Balaban J connectivity index is 2.00. The summed E-state index contributed by atoms with van der Waals surface area (Å²) in [5.74, 6) is 0. The smallest absolute Gasteiger partial charge is 0.243 e. The van der Waals surface area contributed by atoms with Gasteiger partial charge in [0.2, 0.25) is 10.0 Å². The standard InChI is InChI=1S/C14H17N3O3S/c15-12-5-6-13(14-11(12)4-1-7-16-14)21(18,19)17-10-3-2-8-20-9-10/h1,4-7,10,17H,2-3,8-9,15H2. The van der Waals surface area contributed by atoms with Gasteiger partial charge in [-0.2, -0.15) is 0 Å². The summed E-state index contributed by atoms with van der Waals surface area (Å²) in [4.78, 5) is 4.32. The van der Waals surface area contributed by atoms with E-state index in [0.29, 0.717) is 29.8 Å². The molecule has 3 N–H and O–H groups in total. The molecule has 1 atom stereocenters. The fraction of sp³-hybridized carbons (Fsp3) is 0.357. The molecule has 1 unspecified atom stereocenters. The summed E-state index contributed by atoms with van der Waals surface area (Å²) in [5, 5.41) is 0.639. The maximum Gasteiger partial charge on any atom is 0.243 e. The van der Waals surface area contributed by atoms with Crippen LogP contribution in [0.1, 0.15) is 12.8 Å². The van der Waals surface area contributed by atoms with Crippen LogP contribution in [0.4, 0.5) is 5.69 Å². The number of sulfonamides is 1. The third-order valence-corrected chi connectivity index (χ3v) is 5.09. The Morgan fingerprint density at radius 2 is 2.19 bits per heavy atom. The van der Waals surface area contributed by atoms with Crippen molar-refractivity contribution in [1.82, 2.24) is 9.71 Å². The van der Waals surface area contributed by atoms with Gasteiger partial charge in [-0.05, 0) is 37.1 Å². The maximum atomic E-state index is 12.6. The highest BCUT2D eigenvalue weighted by Gasteiger charge is 2.24. The molecule has 0 aliphatic carbocycles. The van der Waals surface area contributed by atoms with Crippen molar-refractivity contribution in [3.63, 3.8) is 0 Å². The number of nitrogens with zero attached hydrogens (tertiary/aromatic N) is 1. The average molecular weight is 307 g/mol. The summed E-state index contributed by atoms with van der Waals surface area (Å²) in [5.41, 5.74) is 6.78. The Labute approximate surface area is 123 Å². The number of anilines is 1. The SMILES string of the molecule is Nc1ccc(S(=O)(=O)NC2CCCOC2)c2ncccc12. The average Bonchev–Trinajstić information content (AvgIpc) is 2.48. The molecule has 1 aliphatic heterocycles. The first-order valence-corrected chi connectivity index (χ1v) is 8.29. The molecule has 0 spiro atoms. The van der Waals surface area contributed by atoms with Crippen LogP contribution in [0.2, 0.25) is 0 Å². The van der Waals surface area contributed by atoms with Crippen molar-refractivity contribution in [2.24, 2.45) is 0 Å². The fourth-order valence-corrected chi connectivity index (χ4v) is 3.92. The van der Waals surface area contributed by atoms with Gasteiger partial charge >= 0.3 is 0 Å². The van der Waals surface area contributed by atoms with Crippen LogP contribution in [-0.2, 0) is 14.8 Å². The summed E-state index contributed by atoms with van der Waals surface area (Å²) in [6.07, 6.45) is 3.19. The van der Waals surface area contributed by atoms with Gasteiger partial charge in [-0.1, -0.05) is 0 Å². The van der Waals surface area contributed by atoms with E-state index in [9.17, 15) is 8.42 Å². The van der Waals surface area contributed by atoms with Gasteiger partial charge < -0.3 is 10.5 Å². The molecule has 112 valence electrons. The molecule has 6 nitrogen and oxygen atoms in total. The van der Waals surface area contributed by atoms with Crippen LogP contribution in [-0.4, -0.2) is 32.7 Å². The van der Waals surface area contributed by atoms with Gasteiger partial charge in [-0.25, -0.2) is 13.1 Å². The minimum atomic E-state index is -3.65. The van der Waals surface area contributed by atoms with E-state index in [-0.39, 0.29) is 10.9 Å². The number of ether oxygens (including phenoxy) is 1. The Bertz CT molecular complexity index is 755. The van der Waals surface area contributed by atoms with Gasteiger partial charge in [-0.15, -0.1) is 0 Å². The van der Waals surface area contributed by atoms with E-state index >= 15 is 0 Å². The lowest BCUT2D eigenvalue weighted by Crippen LogP contribution is -2.40. The first kappa shape index (κ1) is 14.2. The summed E-state index contributed by atoms with van der Waals surface area (Å²) >= 11 is 0. The number of pyridine rings is 1. The summed E-state index contributed by atoms with van der Waals surface area (Å²) in [6, 6.07) is 6.39. The molecular formula is C14H17N3O3S.